The Kier molecular flexibility index (Phi) is 2.33. The summed E-state index contributed by atoms with van der Waals surface area (Å²) in [6, 6.07) is 0. The molecule has 1 fully saturated rings. The van der Waals surface area contributed by atoms with Crippen molar-refractivity contribution in [3.05, 3.63) is 0 Å². The Morgan fingerprint density at radius 3 is 2.17 bits per heavy atom. The molecule has 1 heteroatoms. The van der Waals surface area contributed by atoms with Crippen LogP contribution < -0.4 is 0 Å². The SMILES string of the molecule is CC(CC1(C=O)CC1)C(C)(C)C. The number of rotatable bonds is 3. The smallest absolute Gasteiger partial charge is 0.126 e. The summed E-state index contributed by atoms with van der Waals surface area (Å²) >= 11 is 0. The number of hydrogen-bond donors (Lipinski definition) is 0. The molecule has 70 valence electrons. The summed E-state index contributed by atoms with van der Waals surface area (Å²) in [5.74, 6) is 0.644. The molecule has 1 nitrogen and oxygen atoms in total. The number of carbonyl (C=O) groups excluding carboxylic acids is 1. The lowest BCUT2D eigenvalue weighted by Crippen LogP contribution is -2.21. The van der Waals surface area contributed by atoms with E-state index in [9.17, 15) is 4.79 Å². The van der Waals surface area contributed by atoms with Crippen LogP contribution in [-0.4, -0.2) is 6.29 Å². The van der Waals surface area contributed by atoms with E-state index in [-0.39, 0.29) is 5.41 Å². The van der Waals surface area contributed by atoms with E-state index in [4.69, 9.17) is 0 Å². The minimum absolute atomic E-state index is 0.0900. The Morgan fingerprint density at radius 1 is 1.42 bits per heavy atom. The summed E-state index contributed by atoms with van der Waals surface area (Å²) in [5.41, 5.74) is 0.436. The third-order valence-electron chi connectivity index (χ3n) is 3.33. The normalized spacial score (nSPS) is 23.3. The van der Waals surface area contributed by atoms with Crippen molar-refractivity contribution in [3.8, 4) is 0 Å². The summed E-state index contributed by atoms with van der Waals surface area (Å²) in [6.07, 6.45) is 4.50. The van der Waals surface area contributed by atoms with Crippen LogP contribution in [0.2, 0.25) is 0 Å². The molecule has 0 radical (unpaired) electrons. The first-order valence-electron chi connectivity index (χ1n) is 4.86. The van der Waals surface area contributed by atoms with Crippen LogP contribution >= 0.6 is 0 Å². The second kappa shape index (κ2) is 2.86. The first-order chi connectivity index (χ1) is 5.40. The van der Waals surface area contributed by atoms with Crippen LogP contribution in [0.3, 0.4) is 0 Å². The minimum Gasteiger partial charge on any atom is -0.303 e. The van der Waals surface area contributed by atoms with E-state index in [1.807, 2.05) is 0 Å². The van der Waals surface area contributed by atoms with Crippen LogP contribution in [0.1, 0.15) is 47.0 Å². The maximum atomic E-state index is 10.8. The summed E-state index contributed by atoms with van der Waals surface area (Å²) in [5, 5.41) is 0. The van der Waals surface area contributed by atoms with Gasteiger partial charge >= 0.3 is 0 Å². The van der Waals surface area contributed by atoms with Gasteiger partial charge in [-0.1, -0.05) is 27.7 Å². The van der Waals surface area contributed by atoms with Gasteiger partial charge in [0, 0.05) is 5.41 Å². The quantitative estimate of drug-likeness (QED) is 0.592. The number of hydrogen-bond acceptors (Lipinski definition) is 1. The molecule has 1 saturated carbocycles. The molecule has 0 aromatic carbocycles. The fourth-order valence-corrected chi connectivity index (χ4v) is 1.45. The second-order valence-electron chi connectivity index (χ2n) is 5.45. The molecular formula is C11H20O. The Labute approximate surface area is 75.5 Å². The molecule has 0 N–H and O–H groups in total. The fourth-order valence-electron chi connectivity index (χ4n) is 1.45. The van der Waals surface area contributed by atoms with E-state index in [1.54, 1.807) is 0 Å². The highest BCUT2D eigenvalue weighted by Gasteiger charge is 2.44. The maximum absolute atomic E-state index is 10.8. The zero-order valence-corrected chi connectivity index (χ0v) is 8.68. The van der Waals surface area contributed by atoms with E-state index < -0.39 is 0 Å². The molecule has 1 rings (SSSR count). The van der Waals surface area contributed by atoms with Gasteiger partial charge in [0.1, 0.15) is 6.29 Å². The van der Waals surface area contributed by atoms with Gasteiger partial charge in [0.25, 0.3) is 0 Å². The zero-order valence-electron chi connectivity index (χ0n) is 8.68. The largest absolute Gasteiger partial charge is 0.303 e. The Hall–Kier alpha value is -0.330. The van der Waals surface area contributed by atoms with Gasteiger partial charge < -0.3 is 4.79 Å². The average Bonchev–Trinajstić information content (AvgIpc) is 2.67. The van der Waals surface area contributed by atoms with E-state index >= 15 is 0 Å². The lowest BCUT2D eigenvalue weighted by atomic mass is 9.76. The Morgan fingerprint density at radius 2 is 1.92 bits per heavy atom. The highest BCUT2D eigenvalue weighted by molar-refractivity contribution is 5.63. The van der Waals surface area contributed by atoms with Gasteiger partial charge in [0.2, 0.25) is 0 Å². The number of carbonyl (C=O) groups is 1. The van der Waals surface area contributed by atoms with Crippen LogP contribution in [-0.2, 0) is 4.79 Å². The molecule has 0 saturated heterocycles. The highest BCUT2D eigenvalue weighted by atomic mass is 16.1. The molecule has 0 aliphatic heterocycles. The lowest BCUT2D eigenvalue weighted by molar-refractivity contribution is -0.113. The zero-order chi connectivity index (χ0) is 9.41. The van der Waals surface area contributed by atoms with Crippen LogP contribution in [0.5, 0.6) is 0 Å². The molecule has 0 amide bonds. The van der Waals surface area contributed by atoms with Crippen LogP contribution in [0.4, 0.5) is 0 Å². The molecule has 0 aromatic heterocycles. The molecule has 0 bridgehead atoms. The van der Waals surface area contributed by atoms with Crippen molar-refractivity contribution in [2.45, 2.75) is 47.0 Å². The van der Waals surface area contributed by atoms with Crippen molar-refractivity contribution >= 4 is 6.29 Å². The molecule has 12 heavy (non-hydrogen) atoms. The van der Waals surface area contributed by atoms with Gasteiger partial charge in [-0.15, -0.1) is 0 Å². The molecule has 0 heterocycles. The second-order valence-corrected chi connectivity index (χ2v) is 5.45. The summed E-state index contributed by atoms with van der Waals surface area (Å²) in [7, 11) is 0. The number of aldehydes is 1. The molecule has 1 atom stereocenters. The van der Waals surface area contributed by atoms with E-state index in [1.165, 1.54) is 6.29 Å². The predicted molar refractivity (Wildman–Crippen MR) is 51.0 cm³/mol. The molecule has 1 unspecified atom stereocenters. The average molecular weight is 168 g/mol. The van der Waals surface area contributed by atoms with Crippen molar-refractivity contribution in [3.63, 3.8) is 0 Å². The Bertz CT molecular complexity index is 172. The molecule has 1 aliphatic carbocycles. The summed E-state index contributed by atoms with van der Waals surface area (Å²) in [6.45, 7) is 9.00. The van der Waals surface area contributed by atoms with E-state index in [2.05, 4.69) is 27.7 Å². The van der Waals surface area contributed by atoms with Gasteiger partial charge in [-0.05, 0) is 30.6 Å². The minimum atomic E-state index is 0.0900. The predicted octanol–water partition coefficient (Wildman–Crippen LogP) is 3.04. The first kappa shape index (κ1) is 9.76. The van der Waals surface area contributed by atoms with Gasteiger partial charge in [-0.3, -0.25) is 0 Å². The molecular weight excluding hydrogens is 148 g/mol. The van der Waals surface area contributed by atoms with Gasteiger partial charge in [-0.25, -0.2) is 0 Å². The van der Waals surface area contributed by atoms with Crippen LogP contribution in [0, 0.1) is 16.7 Å². The Balaban J connectivity index is 2.46. The fraction of sp³-hybridized carbons (Fsp3) is 0.909. The van der Waals surface area contributed by atoms with E-state index in [0.29, 0.717) is 11.3 Å². The molecule has 0 spiro atoms. The standard InChI is InChI=1S/C11H20O/c1-9(10(2,3)4)7-11(8-12)5-6-11/h8-9H,5-7H2,1-4H3. The van der Waals surface area contributed by atoms with Crippen molar-refractivity contribution in [1.82, 2.24) is 0 Å². The highest BCUT2D eigenvalue weighted by Crippen LogP contribution is 2.51. The van der Waals surface area contributed by atoms with Crippen LogP contribution in [0.15, 0.2) is 0 Å². The molecule has 1 aliphatic rings. The van der Waals surface area contributed by atoms with Crippen molar-refractivity contribution in [2.24, 2.45) is 16.7 Å². The maximum Gasteiger partial charge on any atom is 0.126 e. The van der Waals surface area contributed by atoms with Gasteiger partial charge in [-0.2, -0.15) is 0 Å². The van der Waals surface area contributed by atoms with Crippen molar-refractivity contribution in [2.75, 3.05) is 0 Å². The van der Waals surface area contributed by atoms with Gasteiger partial charge in [0.15, 0.2) is 0 Å². The van der Waals surface area contributed by atoms with Gasteiger partial charge in [0.05, 0.1) is 0 Å². The third-order valence-corrected chi connectivity index (χ3v) is 3.33. The van der Waals surface area contributed by atoms with E-state index in [0.717, 1.165) is 19.3 Å². The van der Waals surface area contributed by atoms with Crippen LogP contribution in [0.25, 0.3) is 0 Å². The first-order valence-corrected chi connectivity index (χ1v) is 4.86. The lowest BCUT2D eigenvalue weighted by Gasteiger charge is -2.29. The molecule has 0 aromatic rings. The summed E-state index contributed by atoms with van der Waals surface area (Å²) < 4.78 is 0. The monoisotopic (exact) mass is 168 g/mol. The van der Waals surface area contributed by atoms with Crippen molar-refractivity contribution < 1.29 is 4.79 Å². The van der Waals surface area contributed by atoms with Crippen molar-refractivity contribution in [1.29, 1.82) is 0 Å². The topological polar surface area (TPSA) is 17.1 Å². The third kappa shape index (κ3) is 2.09. The summed E-state index contributed by atoms with van der Waals surface area (Å²) in [4.78, 5) is 10.8.